The second kappa shape index (κ2) is 46.5. The molecule has 0 heterocycles. The number of carbonyl (C=O) groups excluding carboxylic acids is 1. The zero-order valence-electron chi connectivity index (χ0n) is 41.8. The Morgan fingerprint density at radius 1 is 0.484 bits per heavy atom. The summed E-state index contributed by atoms with van der Waals surface area (Å²) in [5, 5.41) is 0. The SMILES string of the molecule is CCCCCCCCC/C=C\CCCCCCCCOCC(COP(=O)([O-])OCC[N+](C)(C)C)OC(=O)CCCCCCCCCCCCC/C=C\CCCCCCCCCC. The summed E-state index contributed by atoms with van der Waals surface area (Å²) >= 11 is 0. The second-order valence-corrected chi connectivity index (χ2v) is 20.6. The molecule has 368 valence electrons. The average molecular weight is 898 g/mol. The molecule has 0 aliphatic heterocycles. The summed E-state index contributed by atoms with van der Waals surface area (Å²) in [4.78, 5) is 25.2. The van der Waals surface area contributed by atoms with Crippen molar-refractivity contribution in [2.45, 2.75) is 258 Å². The van der Waals surface area contributed by atoms with Crippen LogP contribution in [0.4, 0.5) is 0 Å². The molecule has 0 aromatic carbocycles. The first-order valence-electron chi connectivity index (χ1n) is 26.6. The number of phosphoric acid groups is 1. The molecule has 2 atom stereocenters. The fourth-order valence-corrected chi connectivity index (χ4v) is 8.33. The molecule has 0 spiro atoms. The molecular formula is C53H104NO7P. The van der Waals surface area contributed by atoms with E-state index >= 15 is 0 Å². The second-order valence-electron chi connectivity index (χ2n) is 19.2. The van der Waals surface area contributed by atoms with Crippen LogP contribution < -0.4 is 4.89 Å². The lowest BCUT2D eigenvalue weighted by Gasteiger charge is -2.28. The van der Waals surface area contributed by atoms with E-state index in [1.54, 1.807) is 0 Å². The number of quaternary nitrogens is 1. The number of allylic oxidation sites excluding steroid dienone is 4. The molecule has 0 amide bonds. The highest BCUT2D eigenvalue weighted by Crippen LogP contribution is 2.38. The highest BCUT2D eigenvalue weighted by atomic mass is 31.2. The zero-order valence-corrected chi connectivity index (χ0v) is 42.7. The van der Waals surface area contributed by atoms with Gasteiger partial charge in [-0.15, -0.1) is 0 Å². The third-order valence-corrected chi connectivity index (χ3v) is 12.7. The largest absolute Gasteiger partial charge is 0.756 e. The van der Waals surface area contributed by atoms with E-state index < -0.39 is 13.9 Å². The van der Waals surface area contributed by atoms with E-state index in [1.807, 2.05) is 21.1 Å². The predicted octanol–water partition coefficient (Wildman–Crippen LogP) is 15.7. The van der Waals surface area contributed by atoms with Gasteiger partial charge in [0.2, 0.25) is 0 Å². The van der Waals surface area contributed by atoms with Crippen LogP contribution in [0.15, 0.2) is 24.3 Å². The van der Waals surface area contributed by atoms with Gasteiger partial charge in [0.05, 0.1) is 34.4 Å². The number of hydrogen-bond donors (Lipinski definition) is 0. The first-order chi connectivity index (χ1) is 30.1. The molecule has 0 rings (SSSR count). The summed E-state index contributed by atoms with van der Waals surface area (Å²) in [6.07, 6.45) is 54.9. The van der Waals surface area contributed by atoms with E-state index in [0.29, 0.717) is 24.1 Å². The van der Waals surface area contributed by atoms with Crippen molar-refractivity contribution in [3.8, 4) is 0 Å². The number of nitrogens with zero attached hydrogens (tertiary/aromatic N) is 1. The molecule has 2 unspecified atom stereocenters. The minimum atomic E-state index is -4.53. The van der Waals surface area contributed by atoms with Crippen LogP contribution in [0.5, 0.6) is 0 Å². The van der Waals surface area contributed by atoms with Gasteiger partial charge in [0.15, 0.2) is 0 Å². The van der Waals surface area contributed by atoms with Crippen molar-refractivity contribution in [3.05, 3.63) is 24.3 Å². The molecule has 0 aromatic rings. The van der Waals surface area contributed by atoms with Gasteiger partial charge in [-0.3, -0.25) is 9.36 Å². The minimum Gasteiger partial charge on any atom is -0.756 e. The van der Waals surface area contributed by atoms with E-state index in [-0.39, 0.29) is 25.8 Å². The molecule has 0 fully saturated rings. The van der Waals surface area contributed by atoms with Crippen molar-refractivity contribution in [2.24, 2.45) is 0 Å². The average Bonchev–Trinajstić information content (AvgIpc) is 3.23. The fourth-order valence-electron chi connectivity index (χ4n) is 7.60. The first-order valence-corrected chi connectivity index (χ1v) is 28.0. The lowest BCUT2D eigenvalue weighted by molar-refractivity contribution is -0.870. The Labute approximate surface area is 385 Å². The van der Waals surface area contributed by atoms with Crippen LogP contribution in [0.25, 0.3) is 0 Å². The Morgan fingerprint density at radius 3 is 1.23 bits per heavy atom. The van der Waals surface area contributed by atoms with Gasteiger partial charge in [-0.25, -0.2) is 0 Å². The predicted molar refractivity (Wildman–Crippen MR) is 264 cm³/mol. The van der Waals surface area contributed by atoms with Gasteiger partial charge in [-0.05, 0) is 64.2 Å². The van der Waals surface area contributed by atoms with Crippen molar-refractivity contribution in [1.29, 1.82) is 0 Å². The molecule has 62 heavy (non-hydrogen) atoms. The molecular weight excluding hydrogens is 794 g/mol. The van der Waals surface area contributed by atoms with Crippen LogP contribution in [0.3, 0.4) is 0 Å². The van der Waals surface area contributed by atoms with Crippen molar-refractivity contribution in [1.82, 2.24) is 0 Å². The lowest BCUT2D eigenvalue weighted by atomic mass is 10.0. The quantitative estimate of drug-likeness (QED) is 0.0197. The van der Waals surface area contributed by atoms with Crippen molar-refractivity contribution >= 4 is 13.8 Å². The van der Waals surface area contributed by atoms with Crippen molar-refractivity contribution in [3.63, 3.8) is 0 Å². The highest BCUT2D eigenvalue weighted by molar-refractivity contribution is 7.45. The van der Waals surface area contributed by atoms with Gasteiger partial charge >= 0.3 is 5.97 Å². The standard InChI is InChI=1S/C53H104NO7P/c1-6-8-10-12-14-16-18-20-22-24-25-26-27-28-29-30-32-34-36-38-40-42-44-46-53(55)61-52(51-60-62(56,57)59-49-47-54(3,4)5)50-58-48-45-43-41-39-37-35-33-31-23-21-19-17-15-13-11-9-7-2/h23-25,31,52H,6-22,26-30,32-51H2,1-5H3/b25-24-,31-23-. The third-order valence-electron chi connectivity index (χ3n) is 11.7. The first kappa shape index (κ1) is 61.0. The van der Waals surface area contributed by atoms with E-state index in [1.165, 1.54) is 199 Å². The monoisotopic (exact) mass is 898 g/mol. The Balaban J connectivity index is 4.10. The smallest absolute Gasteiger partial charge is 0.306 e. The molecule has 0 saturated carbocycles. The maximum atomic E-state index is 12.8. The van der Waals surface area contributed by atoms with Crippen LogP contribution in [0, 0.1) is 0 Å². The summed E-state index contributed by atoms with van der Waals surface area (Å²) < 4.78 is 34.8. The molecule has 8 nitrogen and oxygen atoms in total. The van der Waals surface area contributed by atoms with Gasteiger partial charge in [-0.2, -0.15) is 0 Å². The van der Waals surface area contributed by atoms with Crippen molar-refractivity contribution in [2.75, 3.05) is 54.1 Å². The van der Waals surface area contributed by atoms with Crippen molar-refractivity contribution < 1.29 is 37.3 Å². The topological polar surface area (TPSA) is 94.1 Å². The number of carbonyl (C=O) groups is 1. The molecule has 0 bridgehead atoms. The summed E-state index contributed by atoms with van der Waals surface area (Å²) in [5.41, 5.74) is 0. The van der Waals surface area contributed by atoms with Crippen LogP contribution in [-0.2, 0) is 27.9 Å². The summed E-state index contributed by atoms with van der Waals surface area (Å²) in [5.74, 6) is -0.333. The van der Waals surface area contributed by atoms with Crippen LogP contribution >= 0.6 is 7.82 Å². The maximum absolute atomic E-state index is 12.8. The Morgan fingerprint density at radius 2 is 0.839 bits per heavy atom. The van der Waals surface area contributed by atoms with Crippen LogP contribution in [-0.4, -0.2) is 70.7 Å². The number of ether oxygens (including phenoxy) is 2. The molecule has 0 radical (unpaired) electrons. The highest BCUT2D eigenvalue weighted by Gasteiger charge is 2.20. The minimum absolute atomic E-state index is 0.0266. The normalized spacial score (nSPS) is 13.7. The van der Waals surface area contributed by atoms with E-state index in [9.17, 15) is 14.3 Å². The Kier molecular flexibility index (Phi) is 45.7. The summed E-state index contributed by atoms with van der Waals surface area (Å²) in [7, 11) is 1.36. The maximum Gasteiger partial charge on any atom is 0.306 e. The molecule has 0 aliphatic carbocycles. The van der Waals surface area contributed by atoms with Crippen LogP contribution in [0.1, 0.15) is 251 Å². The number of likely N-dealkylation sites (N-methyl/N-ethyl adjacent to an activating group) is 1. The van der Waals surface area contributed by atoms with Gasteiger partial charge < -0.3 is 27.9 Å². The summed E-state index contributed by atoms with van der Waals surface area (Å²) in [6, 6.07) is 0. The molecule has 0 aliphatic rings. The fraction of sp³-hybridized carbons (Fsp3) is 0.906. The lowest BCUT2D eigenvalue weighted by Crippen LogP contribution is -2.37. The van der Waals surface area contributed by atoms with E-state index in [2.05, 4.69) is 38.2 Å². The Bertz CT molecular complexity index is 1050. The van der Waals surface area contributed by atoms with Gasteiger partial charge in [0.1, 0.15) is 19.3 Å². The summed E-state index contributed by atoms with van der Waals surface area (Å²) in [6.45, 7) is 5.44. The van der Waals surface area contributed by atoms with E-state index in [0.717, 1.165) is 32.1 Å². The third kappa shape index (κ3) is 50.0. The number of phosphoric ester groups is 1. The van der Waals surface area contributed by atoms with Gasteiger partial charge in [0, 0.05) is 13.0 Å². The van der Waals surface area contributed by atoms with Gasteiger partial charge in [0.25, 0.3) is 7.82 Å². The number of esters is 1. The molecule has 0 N–H and O–H groups in total. The molecule has 0 aromatic heterocycles. The van der Waals surface area contributed by atoms with E-state index in [4.69, 9.17) is 18.5 Å². The molecule has 0 saturated heterocycles. The van der Waals surface area contributed by atoms with Crippen LogP contribution in [0.2, 0.25) is 0 Å². The van der Waals surface area contributed by atoms with Gasteiger partial charge in [-0.1, -0.05) is 205 Å². The number of hydrogen-bond acceptors (Lipinski definition) is 7. The number of rotatable bonds is 50. The molecule has 9 heteroatoms. The number of unbranched alkanes of at least 4 members (excludes halogenated alkanes) is 32. The Hall–Kier alpha value is -1.02. The zero-order chi connectivity index (χ0) is 45.5.